The lowest BCUT2D eigenvalue weighted by Crippen LogP contribution is -2.27. The van der Waals surface area contributed by atoms with Crippen molar-refractivity contribution in [1.29, 1.82) is 0 Å². The Morgan fingerprint density at radius 1 is 1.67 bits per heavy atom. The summed E-state index contributed by atoms with van der Waals surface area (Å²) in [6.07, 6.45) is 7.80. The molecule has 0 aliphatic carbocycles. The Bertz CT molecular complexity index is 300. The molecule has 1 aromatic rings. The smallest absolute Gasteiger partial charge is 0.0948 e. The molecule has 84 valence electrons. The molecule has 0 spiro atoms. The van der Waals surface area contributed by atoms with Crippen LogP contribution in [0.25, 0.3) is 0 Å². The summed E-state index contributed by atoms with van der Waals surface area (Å²) in [5, 5.41) is 3.53. The van der Waals surface area contributed by atoms with Crippen LogP contribution in [0.15, 0.2) is 12.5 Å². The van der Waals surface area contributed by atoms with Gasteiger partial charge in [0.25, 0.3) is 0 Å². The molecule has 1 aromatic heterocycles. The maximum absolute atomic E-state index is 4.27. The van der Waals surface area contributed by atoms with Crippen molar-refractivity contribution >= 4 is 0 Å². The number of hydrogen-bond donors (Lipinski definition) is 1. The quantitative estimate of drug-likeness (QED) is 0.820. The summed E-state index contributed by atoms with van der Waals surface area (Å²) >= 11 is 0. The Labute approximate surface area is 91.9 Å². The number of nitrogens with one attached hydrogen (secondary N) is 1. The molecule has 2 unspecified atom stereocenters. The standard InChI is InChI=1S/C12H21N3/c1-3-10(2)12-7-13-9-15(12)8-11-5-4-6-14-11/h7,9-11,14H,3-6,8H2,1-2H3. The third-order valence-corrected chi connectivity index (χ3v) is 3.44. The van der Waals surface area contributed by atoms with E-state index in [1.807, 2.05) is 12.5 Å². The minimum Gasteiger partial charge on any atom is -0.333 e. The lowest BCUT2D eigenvalue weighted by molar-refractivity contribution is 0.487. The summed E-state index contributed by atoms with van der Waals surface area (Å²) < 4.78 is 2.32. The van der Waals surface area contributed by atoms with Crippen molar-refractivity contribution in [3.8, 4) is 0 Å². The molecule has 0 aromatic carbocycles. The van der Waals surface area contributed by atoms with Crippen LogP contribution in [-0.2, 0) is 6.54 Å². The predicted octanol–water partition coefficient (Wildman–Crippen LogP) is 2.15. The summed E-state index contributed by atoms with van der Waals surface area (Å²) in [7, 11) is 0. The van der Waals surface area contributed by atoms with Gasteiger partial charge >= 0.3 is 0 Å². The van der Waals surface area contributed by atoms with Crippen LogP contribution in [0.5, 0.6) is 0 Å². The fourth-order valence-electron chi connectivity index (χ4n) is 2.25. The van der Waals surface area contributed by atoms with Gasteiger partial charge in [-0.3, -0.25) is 0 Å². The van der Waals surface area contributed by atoms with E-state index in [1.165, 1.54) is 31.5 Å². The number of aromatic nitrogens is 2. The molecule has 2 heterocycles. The third kappa shape index (κ3) is 2.40. The van der Waals surface area contributed by atoms with E-state index >= 15 is 0 Å². The molecule has 0 amide bonds. The van der Waals surface area contributed by atoms with Crippen LogP contribution < -0.4 is 5.32 Å². The highest BCUT2D eigenvalue weighted by molar-refractivity contribution is 5.05. The van der Waals surface area contributed by atoms with Gasteiger partial charge in [0.2, 0.25) is 0 Å². The van der Waals surface area contributed by atoms with E-state index in [2.05, 4.69) is 28.7 Å². The first kappa shape index (κ1) is 10.7. The first-order valence-electron chi connectivity index (χ1n) is 6.04. The molecule has 1 fully saturated rings. The van der Waals surface area contributed by atoms with Crippen molar-refractivity contribution < 1.29 is 0 Å². The molecule has 1 aliphatic heterocycles. The highest BCUT2D eigenvalue weighted by atomic mass is 15.1. The summed E-state index contributed by atoms with van der Waals surface area (Å²) in [6, 6.07) is 0.655. The number of rotatable bonds is 4. The Kier molecular flexibility index (Phi) is 3.41. The van der Waals surface area contributed by atoms with E-state index in [-0.39, 0.29) is 0 Å². The lowest BCUT2D eigenvalue weighted by atomic mass is 10.1. The molecule has 0 bridgehead atoms. The molecule has 0 saturated carbocycles. The second-order valence-corrected chi connectivity index (χ2v) is 4.57. The molecule has 2 rings (SSSR count). The van der Waals surface area contributed by atoms with E-state index in [4.69, 9.17) is 0 Å². The highest BCUT2D eigenvalue weighted by Crippen LogP contribution is 2.19. The summed E-state index contributed by atoms with van der Waals surface area (Å²) in [6.45, 7) is 6.77. The van der Waals surface area contributed by atoms with Gasteiger partial charge in [0, 0.05) is 24.5 Å². The van der Waals surface area contributed by atoms with E-state index in [9.17, 15) is 0 Å². The molecule has 1 saturated heterocycles. The second-order valence-electron chi connectivity index (χ2n) is 4.57. The fraction of sp³-hybridized carbons (Fsp3) is 0.750. The average Bonchev–Trinajstić information content (AvgIpc) is 2.88. The monoisotopic (exact) mass is 207 g/mol. The Balaban J connectivity index is 2.03. The predicted molar refractivity (Wildman–Crippen MR) is 62.0 cm³/mol. The maximum atomic E-state index is 4.27. The zero-order valence-corrected chi connectivity index (χ0v) is 9.74. The normalized spacial score (nSPS) is 23.2. The Hall–Kier alpha value is -0.830. The first-order chi connectivity index (χ1) is 7.31. The molecular weight excluding hydrogens is 186 g/mol. The minimum atomic E-state index is 0.619. The van der Waals surface area contributed by atoms with Crippen LogP contribution in [0.4, 0.5) is 0 Å². The SMILES string of the molecule is CCC(C)c1cncn1CC1CCCN1. The van der Waals surface area contributed by atoms with Crippen LogP contribution in [-0.4, -0.2) is 22.1 Å². The number of nitrogens with zero attached hydrogens (tertiary/aromatic N) is 2. The largest absolute Gasteiger partial charge is 0.333 e. The van der Waals surface area contributed by atoms with E-state index in [0.717, 1.165) is 6.54 Å². The molecule has 1 aliphatic rings. The molecule has 3 heteroatoms. The molecule has 15 heavy (non-hydrogen) atoms. The van der Waals surface area contributed by atoms with Gasteiger partial charge in [-0.2, -0.15) is 0 Å². The highest BCUT2D eigenvalue weighted by Gasteiger charge is 2.17. The molecule has 1 N–H and O–H groups in total. The van der Waals surface area contributed by atoms with Crippen LogP contribution in [0.3, 0.4) is 0 Å². The molecule has 3 nitrogen and oxygen atoms in total. The molecule has 2 atom stereocenters. The van der Waals surface area contributed by atoms with Gasteiger partial charge in [-0.15, -0.1) is 0 Å². The summed E-state index contributed by atoms with van der Waals surface area (Å²) in [5.41, 5.74) is 1.38. The van der Waals surface area contributed by atoms with Crippen molar-refractivity contribution in [3.63, 3.8) is 0 Å². The van der Waals surface area contributed by atoms with Crippen LogP contribution in [0, 0.1) is 0 Å². The molecular formula is C12H21N3. The Morgan fingerprint density at radius 2 is 2.53 bits per heavy atom. The van der Waals surface area contributed by atoms with E-state index in [0.29, 0.717) is 12.0 Å². The Morgan fingerprint density at radius 3 is 3.20 bits per heavy atom. The number of hydrogen-bond acceptors (Lipinski definition) is 2. The van der Waals surface area contributed by atoms with Gasteiger partial charge in [-0.25, -0.2) is 4.98 Å². The summed E-state index contributed by atoms with van der Waals surface area (Å²) in [5.74, 6) is 0.619. The zero-order valence-electron chi connectivity index (χ0n) is 9.74. The lowest BCUT2D eigenvalue weighted by Gasteiger charge is -2.16. The van der Waals surface area contributed by atoms with Crippen molar-refractivity contribution in [2.75, 3.05) is 6.54 Å². The van der Waals surface area contributed by atoms with Gasteiger partial charge < -0.3 is 9.88 Å². The fourth-order valence-corrected chi connectivity index (χ4v) is 2.25. The van der Waals surface area contributed by atoms with Crippen molar-refractivity contribution in [1.82, 2.24) is 14.9 Å². The van der Waals surface area contributed by atoms with Gasteiger partial charge in [-0.1, -0.05) is 13.8 Å². The third-order valence-electron chi connectivity index (χ3n) is 3.44. The summed E-state index contributed by atoms with van der Waals surface area (Å²) in [4.78, 5) is 4.27. The maximum Gasteiger partial charge on any atom is 0.0948 e. The van der Waals surface area contributed by atoms with Crippen LogP contribution >= 0.6 is 0 Å². The van der Waals surface area contributed by atoms with Crippen molar-refractivity contribution in [2.24, 2.45) is 0 Å². The van der Waals surface area contributed by atoms with E-state index in [1.54, 1.807) is 0 Å². The zero-order chi connectivity index (χ0) is 10.7. The van der Waals surface area contributed by atoms with Crippen molar-refractivity contribution in [3.05, 3.63) is 18.2 Å². The minimum absolute atomic E-state index is 0.619. The van der Waals surface area contributed by atoms with Crippen LogP contribution in [0.1, 0.15) is 44.7 Å². The second kappa shape index (κ2) is 4.79. The number of imidazole rings is 1. The molecule has 0 radical (unpaired) electrons. The van der Waals surface area contributed by atoms with Crippen LogP contribution in [0.2, 0.25) is 0 Å². The van der Waals surface area contributed by atoms with Gasteiger partial charge in [-0.05, 0) is 31.7 Å². The average molecular weight is 207 g/mol. The first-order valence-corrected chi connectivity index (χ1v) is 6.04. The van der Waals surface area contributed by atoms with Gasteiger partial charge in [0.15, 0.2) is 0 Å². The van der Waals surface area contributed by atoms with Crippen molar-refractivity contribution in [2.45, 2.75) is 51.6 Å². The van der Waals surface area contributed by atoms with Gasteiger partial charge in [0.05, 0.1) is 6.33 Å². The van der Waals surface area contributed by atoms with E-state index < -0.39 is 0 Å². The topological polar surface area (TPSA) is 29.9 Å². The van der Waals surface area contributed by atoms with Gasteiger partial charge in [0.1, 0.15) is 0 Å².